The first kappa shape index (κ1) is 18.8. The van der Waals surface area contributed by atoms with Crippen LogP contribution >= 0.6 is 11.3 Å². The summed E-state index contributed by atoms with van der Waals surface area (Å²) in [5.74, 6) is -1.37. The highest BCUT2D eigenvalue weighted by atomic mass is 32.1. The van der Waals surface area contributed by atoms with Crippen molar-refractivity contribution in [2.45, 2.75) is 32.1 Å². The van der Waals surface area contributed by atoms with Gasteiger partial charge in [0.25, 0.3) is 0 Å². The van der Waals surface area contributed by atoms with Gasteiger partial charge in [-0.25, -0.2) is 9.37 Å². The molecule has 0 spiro atoms. The van der Waals surface area contributed by atoms with Gasteiger partial charge in [-0.3, -0.25) is 14.5 Å². The third-order valence-electron chi connectivity index (χ3n) is 5.26. The fourth-order valence-electron chi connectivity index (χ4n) is 3.84. The summed E-state index contributed by atoms with van der Waals surface area (Å²) in [7, 11) is 0. The van der Waals surface area contributed by atoms with E-state index in [4.69, 9.17) is 0 Å². The Balaban J connectivity index is 1.56. The Morgan fingerprint density at radius 1 is 1.36 bits per heavy atom. The Bertz CT molecular complexity index is 903. The van der Waals surface area contributed by atoms with Crippen LogP contribution in [0.15, 0.2) is 36.9 Å². The Morgan fingerprint density at radius 3 is 2.89 bits per heavy atom. The highest BCUT2D eigenvalue weighted by Gasteiger charge is 2.39. The number of rotatable bonds is 5. The second-order valence-electron chi connectivity index (χ2n) is 7.17. The molecule has 146 valence electrons. The van der Waals surface area contributed by atoms with E-state index in [9.17, 15) is 14.0 Å². The number of hydrogen-bond donors (Lipinski definition) is 0. The molecular formula is C21H22FN3O2S. The van der Waals surface area contributed by atoms with Gasteiger partial charge in [0.1, 0.15) is 5.82 Å². The molecule has 0 N–H and O–H groups in total. The summed E-state index contributed by atoms with van der Waals surface area (Å²) in [5, 5.41) is 0.675. The van der Waals surface area contributed by atoms with E-state index in [0.717, 1.165) is 31.4 Å². The molecule has 0 radical (unpaired) electrons. The molecule has 1 saturated heterocycles. The van der Waals surface area contributed by atoms with Crippen LogP contribution in [0, 0.1) is 11.7 Å². The van der Waals surface area contributed by atoms with E-state index < -0.39 is 11.7 Å². The topological polar surface area (TPSA) is 53.5 Å². The third kappa shape index (κ3) is 3.46. The molecule has 7 heteroatoms. The lowest BCUT2D eigenvalue weighted by Gasteiger charge is -2.22. The Hall–Kier alpha value is -2.54. The van der Waals surface area contributed by atoms with Crippen LogP contribution in [0.5, 0.6) is 0 Å². The number of hydrogen-bond acceptors (Lipinski definition) is 4. The molecule has 1 aromatic carbocycles. The van der Waals surface area contributed by atoms with Crippen molar-refractivity contribution >= 4 is 34.0 Å². The van der Waals surface area contributed by atoms with Crippen LogP contribution in [-0.4, -0.2) is 29.9 Å². The molecule has 2 heterocycles. The molecule has 4 rings (SSSR count). The largest absolute Gasteiger partial charge is 0.309 e. The van der Waals surface area contributed by atoms with E-state index >= 15 is 0 Å². The summed E-state index contributed by atoms with van der Waals surface area (Å²) in [5.41, 5.74) is 1.31. The minimum atomic E-state index is -0.520. The van der Waals surface area contributed by atoms with Crippen molar-refractivity contribution in [3.05, 3.63) is 53.3 Å². The van der Waals surface area contributed by atoms with Crippen LogP contribution in [-0.2, 0) is 22.4 Å². The number of carbonyl (C=O) groups is 2. The summed E-state index contributed by atoms with van der Waals surface area (Å²) < 4.78 is 14.1. The van der Waals surface area contributed by atoms with Crippen molar-refractivity contribution in [1.82, 2.24) is 4.98 Å². The van der Waals surface area contributed by atoms with Gasteiger partial charge in [0, 0.05) is 24.4 Å². The zero-order valence-electron chi connectivity index (χ0n) is 15.6. The van der Waals surface area contributed by atoms with Gasteiger partial charge in [-0.2, -0.15) is 0 Å². The molecule has 28 heavy (non-hydrogen) atoms. The summed E-state index contributed by atoms with van der Waals surface area (Å²) in [6.45, 7) is 4.28. The summed E-state index contributed by atoms with van der Waals surface area (Å²) in [4.78, 5) is 34.6. The summed E-state index contributed by atoms with van der Waals surface area (Å²) in [6.07, 6.45) is 5.98. The van der Waals surface area contributed by atoms with Crippen LogP contribution in [0.4, 0.5) is 15.2 Å². The van der Waals surface area contributed by atoms with Crippen molar-refractivity contribution in [3.63, 3.8) is 0 Å². The minimum absolute atomic E-state index is 0.0753. The smallest absolute Gasteiger partial charge is 0.234 e. The third-order valence-corrected chi connectivity index (χ3v) is 6.44. The number of aryl methyl sites for hydroxylation is 2. The average molecular weight is 399 g/mol. The molecule has 1 aliphatic heterocycles. The first-order chi connectivity index (χ1) is 13.6. The van der Waals surface area contributed by atoms with Crippen LogP contribution in [0.25, 0.3) is 0 Å². The van der Waals surface area contributed by atoms with Gasteiger partial charge in [-0.1, -0.05) is 18.2 Å². The number of thiazole rings is 1. The van der Waals surface area contributed by atoms with Gasteiger partial charge in [-0.05, 0) is 37.8 Å². The predicted octanol–water partition coefficient (Wildman–Crippen LogP) is 3.73. The summed E-state index contributed by atoms with van der Waals surface area (Å²) in [6, 6.07) is 6.15. The second kappa shape index (κ2) is 7.83. The standard InChI is InChI=1S/C21H22FN3O2S/c1-2-11-24(21-23-16-8-4-6-10-18(16)28-21)20(27)14-12-19(26)25(13-14)17-9-5-3-7-15(17)22/h2-3,5,7,9,14H,1,4,6,8,10-13H2/t14-/m0/s1. The number of halogens is 1. The highest BCUT2D eigenvalue weighted by Crippen LogP contribution is 2.34. The Morgan fingerprint density at radius 2 is 2.14 bits per heavy atom. The van der Waals surface area contributed by atoms with Gasteiger partial charge in [0.05, 0.1) is 17.3 Å². The molecule has 2 aliphatic rings. The highest BCUT2D eigenvalue weighted by molar-refractivity contribution is 7.16. The molecule has 5 nitrogen and oxygen atoms in total. The number of aromatic nitrogens is 1. The van der Waals surface area contributed by atoms with Crippen molar-refractivity contribution in [1.29, 1.82) is 0 Å². The zero-order chi connectivity index (χ0) is 19.7. The molecule has 1 aromatic heterocycles. The lowest BCUT2D eigenvalue weighted by molar-refractivity contribution is -0.124. The maximum absolute atomic E-state index is 14.1. The van der Waals surface area contributed by atoms with E-state index in [-0.39, 0.29) is 30.5 Å². The van der Waals surface area contributed by atoms with Crippen LogP contribution < -0.4 is 9.80 Å². The van der Waals surface area contributed by atoms with Crippen molar-refractivity contribution in [2.24, 2.45) is 5.92 Å². The molecule has 1 aliphatic carbocycles. The van der Waals surface area contributed by atoms with Crippen molar-refractivity contribution < 1.29 is 14.0 Å². The van der Waals surface area contributed by atoms with E-state index in [1.54, 1.807) is 40.5 Å². The molecule has 0 saturated carbocycles. The number of carbonyl (C=O) groups excluding carboxylic acids is 2. The van der Waals surface area contributed by atoms with Gasteiger partial charge in [0.2, 0.25) is 11.8 Å². The van der Waals surface area contributed by atoms with Gasteiger partial charge in [0.15, 0.2) is 5.13 Å². The maximum Gasteiger partial charge on any atom is 0.234 e. The van der Waals surface area contributed by atoms with Crippen LogP contribution in [0.3, 0.4) is 0 Å². The van der Waals surface area contributed by atoms with Gasteiger partial charge in [-0.15, -0.1) is 17.9 Å². The summed E-state index contributed by atoms with van der Waals surface area (Å²) >= 11 is 1.56. The molecule has 2 amide bonds. The van der Waals surface area contributed by atoms with E-state index in [1.165, 1.54) is 15.8 Å². The SMILES string of the molecule is C=CCN(C(=O)[C@H]1CC(=O)N(c2ccccc2F)C1)c1nc2c(s1)CCCC2. The van der Waals surface area contributed by atoms with Gasteiger partial charge >= 0.3 is 0 Å². The normalized spacial score (nSPS) is 18.8. The predicted molar refractivity (Wildman–Crippen MR) is 108 cm³/mol. The lowest BCUT2D eigenvalue weighted by Crippen LogP contribution is -2.37. The fraction of sp³-hybridized carbons (Fsp3) is 0.381. The number of anilines is 2. The molecule has 2 aromatic rings. The lowest BCUT2D eigenvalue weighted by atomic mass is 10.0. The number of amides is 2. The fourth-order valence-corrected chi connectivity index (χ4v) is 5.00. The number of nitrogens with zero attached hydrogens (tertiary/aromatic N) is 3. The van der Waals surface area contributed by atoms with Crippen LogP contribution in [0.1, 0.15) is 29.8 Å². The minimum Gasteiger partial charge on any atom is -0.309 e. The van der Waals surface area contributed by atoms with Crippen molar-refractivity contribution in [3.8, 4) is 0 Å². The van der Waals surface area contributed by atoms with Crippen molar-refractivity contribution in [2.75, 3.05) is 22.9 Å². The van der Waals surface area contributed by atoms with E-state index in [1.807, 2.05) is 0 Å². The number of fused-ring (bicyclic) bond motifs is 1. The van der Waals surface area contributed by atoms with E-state index in [0.29, 0.717) is 11.7 Å². The Labute approximate surface area is 167 Å². The number of benzene rings is 1. The molecule has 1 atom stereocenters. The molecule has 0 bridgehead atoms. The first-order valence-corrected chi connectivity index (χ1v) is 10.4. The maximum atomic E-state index is 14.1. The average Bonchev–Trinajstić information content (AvgIpc) is 3.29. The second-order valence-corrected chi connectivity index (χ2v) is 8.23. The molecule has 0 unspecified atom stereocenters. The molecule has 1 fully saturated rings. The van der Waals surface area contributed by atoms with Gasteiger partial charge < -0.3 is 4.90 Å². The van der Waals surface area contributed by atoms with Crippen LogP contribution in [0.2, 0.25) is 0 Å². The monoisotopic (exact) mass is 399 g/mol. The first-order valence-electron chi connectivity index (χ1n) is 9.54. The quantitative estimate of drug-likeness (QED) is 0.720. The number of para-hydroxylation sites is 1. The van der Waals surface area contributed by atoms with E-state index in [2.05, 4.69) is 11.6 Å². The Kier molecular flexibility index (Phi) is 5.26. The zero-order valence-corrected chi connectivity index (χ0v) is 16.4. The molecular weight excluding hydrogens is 377 g/mol.